The van der Waals surface area contributed by atoms with E-state index in [1.54, 1.807) is 6.08 Å². The van der Waals surface area contributed by atoms with Gasteiger partial charge in [0.2, 0.25) is 11.8 Å². The molecular weight excluding hydrogens is 360 g/mol. The molecule has 1 aliphatic heterocycles. The molecule has 1 saturated heterocycles. The SMILES string of the molecule is CCCC(=O)N(CC)[C@H]1CCCN([C@@H]2C=C(C(=O)O)C[C@H](N)[C@H]2NC(C)=O)C1. The number of aliphatic carboxylic acids is 1. The summed E-state index contributed by atoms with van der Waals surface area (Å²) in [6.45, 7) is 7.53. The fourth-order valence-corrected chi connectivity index (χ4v) is 4.43. The molecule has 8 heteroatoms. The van der Waals surface area contributed by atoms with Crippen LogP contribution in [0.2, 0.25) is 0 Å². The van der Waals surface area contributed by atoms with E-state index in [-0.39, 0.29) is 41.9 Å². The zero-order valence-corrected chi connectivity index (χ0v) is 17.2. The Labute approximate surface area is 167 Å². The average Bonchev–Trinajstić information content (AvgIpc) is 2.64. The minimum Gasteiger partial charge on any atom is -0.478 e. The highest BCUT2D eigenvalue weighted by Crippen LogP contribution is 2.27. The Kier molecular flexibility index (Phi) is 8.00. The van der Waals surface area contributed by atoms with Crippen LogP contribution in [0.25, 0.3) is 0 Å². The van der Waals surface area contributed by atoms with Crippen LogP contribution >= 0.6 is 0 Å². The van der Waals surface area contributed by atoms with Crippen molar-refractivity contribution >= 4 is 17.8 Å². The fourth-order valence-electron chi connectivity index (χ4n) is 4.43. The van der Waals surface area contributed by atoms with E-state index in [1.807, 2.05) is 18.7 Å². The molecule has 2 aliphatic rings. The van der Waals surface area contributed by atoms with Crippen molar-refractivity contribution in [1.29, 1.82) is 0 Å². The first-order chi connectivity index (χ1) is 13.3. The first-order valence-corrected chi connectivity index (χ1v) is 10.3. The number of carbonyl (C=O) groups excluding carboxylic acids is 2. The van der Waals surface area contributed by atoms with Crippen LogP contribution in [0.1, 0.15) is 52.9 Å². The standard InChI is InChI=1S/C20H34N4O4/c1-4-7-18(26)24(5-2)15-8-6-9-23(12-15)17-11-14(20(27)28)10-16(21)19(17)22-13(3)25/h11,15-17,19H,4-10,12,21H2,1-3H3,(H,22,25)(H,27,28)/t15-,16-,17+,19+/m0/s1. The van der Waals surface area contributed by atoms with Crippen LogP contribution in [0.5, 0.6) is 0 Å². The summed E-state index contributed by atoms with van der Waals surface area (Å²) in [6, 6.07) is -1.01. The summed E-state index contributed by atoms with van der Waals surface area (Å²) in [6.07, 6.45) is 5.16. The Hall–Kier alpha value is -1.93. The highest BCUT2D eigenvalue weighted by molar-refractivity contribution is 5.87. The number of hydrogen-bond donors (Lipinski definition) is 3. The molecule has 28 heavy (non-hydrogen) atoms. The lowest BCUT2D eigenvalue weighted by atomic mass is 9.85. The van der Waals surface area contributed by atoms with Crippen molar-refractivity contribution in [2.45, 2.75) is 77.0 Å². The molecule has 0 aromatic heterocycles. The van der Waals surface area contributed by atoms with Crippen molar-refractivity contribution in [2.75, 3.05) is 19.6 Å². The maximum atomic E-state index is 12.5. The average molecular weight is 395 g/mol. The largest absolute Gasteiger partial charge is 0.478 e. The number of carboxylic acid groups (broad SMARTS) is 1. The molecule has 1 aliphatic carbocycles. The van der Waals surface area contributed by atoms with Gasteiger partial charge in [-0.2, -0.15) is 0 Å². The lowest BCUT2D eigenvalue weighted by Crippen LogP contribution is -2.63. The van der Waals surface area contributed by atoms with Gasteiger partial charge in [-0.3, -0.25) is 14.5 Å². The summed E-state index contributed by atoms with van der Waals surface area (Å²) >= 11 is 0. The van der Waals surface area contributed by atoms with Gasteiger partial charge in [0.15, 0.2) is 0 Å². The van der Waals surface area contributed by atoms with Gasteiger partial charge in [-0.05, 0) is 39.2 Å². The lowest BCUT2D eigenvalue weighted by Gasteiger charge is -2.46. The number of nitrogens with one attached hydrogen (secondary N) is 1. The summed E-state index contributed by atoms with van der Waals surface area (Å²) in [7, 11) is 0. The number of hydrogen-bond acceptors (Lipinski definition) is 5. The molecule has 0 unspecified atom stereocenters. The molecule has 2 amide bonds. The van der Waals surface area contributed by atoms with E-state index in [1.165, 1.54) is 6.92 Å². The molecule has 2 rings (SSSR count). The van der Waals surface area contributed by atoms with Gasteiger partial charge in [0.1, 0.15) is 0 Å². The van der Waals surface area contributed by atoms with E-state index >= 15 is 0 Å². The molecule has 1 heterocycles. The highest BCUT2D eigenvalue weighted by Gasteiger charge is 2.39. The molecule has 0 spiro atoms. The van der Waals surface area contributed by atoms with Crippen molar-refractivity contribution in [2.24, 2.45) is 5.73 Å². The number of rotatable bonds is 7. The second-order valence-corrected chi connectivity index (χ2v) is 7.80. The molecular formula is C20H34N4O4. The van der Waals surface area contributed by atoms with E-state index in [9.17, 15) is 19.5 Å². The van der Waals surface area contributed by atoms with Gasteiger partial charge >= 0.3 is 5.97 Å². The Balaban J connectivity index is 2.25. The van der Waals surface area contributed by atoms with Gasteiger partial charge in [0.25, 0.3) is 0 Å². The minimum atomic E-state index is -0.969. The number of likely N-dealkylation sites (tertiary alicyclic amines) is 1. The fraction of sp³-hybridized carbons (Fsp3) is 0.750. The van der Waals surface area contributed by atoms with Gasteiger partial charge in [-0.1, -0.05) is 13.0 Å². The molecule has 0 radical (unpaired) electrons. The predicted octanol–water partition coefficient (Wildman–Crippen LogP) is 0.715. The van der Waals surface area contributed by atoms with E-state index in [2.05, 4.69) is 10.2 Å². The molecule has 158 valence electrons. The molecule has 8 nitrogen and oxygen atoms in total. The minimum absolute atomic E-state index is 0.0932. The number of piperidine rings is 1. The van der Waals surface area contributed by atoms with Crippen LogP contribution < -0.4 is 11.1 Å². The first kappa shape index (κ1) is 22.4. The summed E-state index contributed by atoms with van der Waals surface area (Å²) in [4.78, 5) is 39.9. The number of amides is 2. The van der Waals surface area contributed by atoms with Crippen molar-refractivity contribution in [3.05, 3.63) is 11.6 Å². The predicted molar refractivity (Wildman–Crippen MR) is 107 cm³/mol. The second kappa shape index (κ2) is 10.0. The Morgan fingerprint density at radius 2 is 2.07 bits per heavy atom. The zero-order valence-electron chi connectivity index (χ0n) is 17.2. The first-order valence-electron chi connectivity index (χ1n) is 10.3. The quantitative estimate of drug-likeness (QED) is 0.586. The number of nitrogens with two attached hydrogens (primary N) is 1. The highest BCUT2D eigenvalue weighted by atomic mass is 16.4. The Bertz CT molecular complexity index is 621. The van der Waals surface area contributed by atoms with Crippen molar-refractivity contribution in [3.8, 4) is 0 Å². The van der Waals surface area contributed by atoms with Gasteiger partial charge in [0.05, 0.1) is 12.1 Å². The third-order valence-corrected chi connectivity index (χ3v) is 5.72. The monoisotopic (exact) mass is 394 g/mol. The second-order valence-electron chi connectivity index (χ2n) is 7.80. The Morgan fingerprint density at radius 3 is 2.64 bits per heavy atom. The molecule has 0 aromatic carbocycles. The molecule has 1 fully saturated rings. The van der Waals surface area contributed by atoms with Crippen LogP contribution in [-0.4, -0.2) is 76.5 Å². The summed E-state index contributed by atoms with van der Waals surface area (Å²) in [5.74, 6) is -0.986. The summed E-state index contributed by atoms with van der Waals surface area (Å²) in [5, 5.41) is 12.4. The zero-order chi connectivity index (χ0) is 20.8. The van der Waals surface area contributed by atoms with Gasteiger partial charge in [-0.15, -0.1) is 0 Å². The van der Waals surface area contributed by atoms with Crippen LogP contribution in [0.15, 0.2) is 11.6 Å². The molecule has 0 bridgehead atoms. The molecule has 4 N–H and O–H groups in total. The molecule has 0 aromatic rings. The van der Waals surface area contributed by atoms with E-state index < -0.39 is 12.0 Å². The number of likely N-dealkylation sites (N-methyl/N-ethyl adjacent to an activating group) is 1. The molecule has 0 saturated carbocycles. The van der Waals surface area contributed by atoms with E-state index in [0.717, 1.165) is 25.8 Å². The van der Waals surface area contributed by atoms with Crippen molar-refractivity contribution in [3.63, 3.8) is 0 Å². The lowest BCUT2D eigenvalue weighted by molar-refractivity contribution is -0.134. The van der Waals surface area contributed by atoms with E-state index in [4.69, 9.17) is 5.73 Å². The summed E-state index contributed by atoms with van der Waals surface area (Å²) < 4.78 is 0. The normalized spacial score (nSPS) is 28.4. The van der Waals surface area contributed by atoms with Crippen LogP contribution in [0, 0.1) is 0 Å². The third kappa shape index (κ3) is 5.32. The molecule has 4 atom stereocenters. The van der Waals surface area contributed by atoms with Gasteiger partial charge in [-0.25, -0.2) is 4.79 Å². The Morgan fingerprint density at radius 1 is 1.36 bits per heavy atom. The van der Waals surface area contributed by atoms with E-state index in [0.29, 0.717) is 19.5 Å². The van der Waals surface area contributed by atoms with Crippen LogP contribution in [0.4, 0.5) is 0 Å². The van der Waals surface area contributed by atoms with Gasteiger partial charge < -0.3 is 21.1 Å². The van der Waals surface area contributed by atoms with Crippen molar-refractivity contribution < 1.29 is 19.5 Å². The smallest absolute Gasteiger partial charge is 0.331 e. The van der Waals surface area contributed by atoms with Crippen LogP contribution in [-0.2, 0) is 14.4 Å². The summed E-state index contributed by atoms with van der Waals surface area (Å²) in [5.41, 5.74) is 6.54. The number of carbonyl (C=O) groups is 3. The third-order valence-electron chi connectivity index (χ3n) is 5.72. The topological polar surface area (TPSA) is 116 Å². The van der Waals surface area contributed by atoms with Gasteiger partial charge in [0, 0.05) is 44.1 Å². The van der Waals surface area contributed by atoms with Crippen LogP contribution in [0.3, 0.4) is 0 Å². The maximum Gasteiger partial charge on any atom is 0.331 e. The maximum absolute atomic E-state index is 12.5. The number of carboxylic acids is 1. The number of nitrogens with zero attached hydrogens (tertiary/aromatic N) is 2. The van der Waals surface area contributed by atoms with Crippen molar-refractivity contribution in [1.82, 2.24) is 15.1 Å².